The van der Waals surface area contributed by atoms with Gasteiger partial charge in [0.25, 0.3) is 6.01 Å². The Kier molecular flexibility index (Phi) is 4.30. The fourth-order valence-electron chi connectivity index (χ4n) is 1.21. The molecule has 1 atom stereocenters. The fourth-order valence-corrected chi connectivity index (χ4v) is 1.21. The summed E-state index contributed by atoms with van der Waals surface area (Å²) in [6, 6.07) is 0.281. The minimum absolute atomic E-state index is 0.134. The first-order chi connectivity index (χ1) is 7.54. The number of aliphatic hydroxyl groups is 1. The van der Waals surface area contributed by atoms with E-state index < -0.39 is 12.1 Å². The topological polar surface area (TPSA) is 75.8 Å². The molecule has 1 heterocycles. The lowest BCUT2D eigenvalue weighted by Crippen LogP contribution is -2.27. The van der Waals surface area contributed by atoms with E-state index in [4.69, 9.17) is 9.15 Å². The molecule has 0 spiro atoms. The summed E-state index contributed by atoms with van der Waals surface area (Å²) in [5.74, 6) is -0.511. The highest BCUT2D eigenvalue weighted by Crippen LogP contribution is 2.12. The van der Waals surface area contributed by atoms with Gasteiger partial charge >= 0.3 is 5.97 Å². The quantitative estimate of drug-likeness (QED) is 0.746. The van der Waals surface area contributed by atoms with E-state index in [1.165, 1.54) is 6.26 Å². The molecule has 0 bridgehead atoms. The van der Waals surface area contributed by atoms with E-state index in [0.29, 0.717) is 13.2 Å². The van der Waals surface area contributed by atoms with Crippen LogP contribution in [0.2, 0.25) is 0 Å². The molecule has 1 N–H and O–H groups in total. The summed E-state index contributed by atoms with van der Waals surface area (Å²) < 4.78 is 9.87. The number of aliphatic hydroxyl groups excluding tert-OH is 1. The van der Waals surface area contributed by atoms with Crippen LogP contribution in [0.1, 0.15) is 24.3 Å². The molecule has 0 fully saturated rings. The molecule has 1 aromatic rings. The standard InChI is InChI=1S/C10H16N2O4/c1-4-15-9(14)8-6-16-10(11-8)12(3)5-7(2)13/h6-7,13H,4-5H2,1-3H3. The van der Waals surface area contributed by atoms with Gasteiger partial charge in [0.05, 0.1) is 12.7 Å². The Hall–Kier alpha value is -1.56. The van der Waals surface area contributed by atoms with Crippen LogP contribution in [0.15, 0.2) is 10.7 Å². The molecule has 1 unspecified atom stereocenters. The Labute approximate surface area is 93.8 Å². The van der Waals surface area contributed by atoms with Crippen molar-refractivity contribution in [3.8, 4) is 0 Å². The third-order valence-electron chi connectivity index (χ3n) is 1.84. The molecular weight excluding hydrogens is 212 g/mol. The lowest BCUT2D eigenvalue weighted by Gasteiger charge is -2.15. The van der Waals surface area contributed by atoms with Gasteiger partial charge in [-0.2, -0.15) is 4.98 Å². The Morgan fingerprint density at radius 1 is 1.75 bits per heavy atom. The van der Waals surface area contributed by atoms with Crippen molar-refractivity contribution in [2.45, 2.75) is 20.0 Å². The van der Waals surface area contributed by atoms with Crippen LogP contribution in [-0.2, 0) is 4.74 Å². The van der Waals surface area contributed by atoms with Gasteiger partial charge in [0.2, 0.25) is 0 Å². The molecule has 0 saturated carbocycles. The normalized spacial score (nSPS) is 12.2. The number of ether oxygens (including phenoxy) is 1. The second-order valence-electron chi connectivity index (χ2n) is 3.47. The number of carbonyl (C=O) groups excluding carboxylic acids is 1. The van der Waals surface area contributed by atoms with Crippen LogP contribution in [0, 0.1) is 0 Å². The molecule has 0 aromatic carbocycles. The number of carbonyl (C=O) groups is 1. The smallest absolute Gasteiger partial charge is 0.360 e. The van der Waals surface area contributed by atoms with Crippen LogP contribution in [0.3, 0.4) is 0 Å². The van der Waals surface area contributed by atoms with Crippen LogP contribution in [-0.4, -0.2) is 42.4 Å². The SMILES string of the molecule is CCOC(=O)c1coc(N(C)CC(C)O)n1. The summed E-state index contributed by atoms with van der Waals surface area (Å²) in [6.07, 6.45) is 0.745. The van der Waals surface area contributed by atoms with Gasteiger partial charge in [-0.05, 0) is 13.8 Å². The Balaban J connectivity index is 2.67. The van der Waals surface area contributed by atoms with Gasteiger partial charge < -0.3 is 19.2 Å². The highest BCUT2D eigenvalue weighted by molar-refractivity contribution is 5.87. The Bertz CT molecular complexity index is 348. The van der Waals surface area contributed by atoms with Gasteiger partial charge in [-0.1, -0.05) is 0 Å². The fraction of sp³-hybridized carbons (Fsp3) is 0.600. The van der Waals surface area contributed by atoms with Crippen molar-refractivity contribution < 1.29 is 19.1 Å². The second kappa shape index (κ2) is 5.50. The zero-order chi connectivity index (χ0) is 12.1. The van der Waals surface area contributed by atoms with E-state index in [9.17, 15) is 9.90 Å². The van der Waals surface area contributed by atoms with Gasteiger partial charge in [-0.15, -0.1) is 0 Å². The number of anilines is 1. The highest BCUT2D eigenvalue weighted by atomic mass is 16.5. The molecule has 6 heteroatoms. The average Bonchev–Trinajstić information content (AvgIpc) is 2.65. The summed E-state index contributed by atoms with van der Waals surface area (Å²) >= 11 is 0. The molecule has 1 aromatic heterocycles. The third kappa shape index (κ3) is 3.23. The van der Waals surface area contributed by atoms with Crippen LogP contribution in [0.4, 0.5) is 6.01 Å². The Morgan fingerprint density at radius 2 is 2.44 bits per heavy atom. The number of likely N-dealkylation sites (N-methyl/N-ethyl adjacent to an activating group) is 1. The molecule has 6 nitrogen and oxygen atoms in total. The summed E-state index contributed by atoms with van der Waals surface area (Å²) in [6.45, 7) is 4.05. The van der Waals surface area contributed by atoms with Crippen molar-refractivity contribution in [3.63, 3.8) is 0 Å². The number of esters is 1. The zero-order valence-electron chi connectivity index (χ0n) is 9.64. The number of oxazole rings is 1. The summed E-state index contributed by atoms with van der Waals surface area (Å²) in [4.78, 5) is 16.9. The van der Waals surface area contributed by atoms with Gasteiger partial charge in [0.15, 0.2) is 5.69 Å². The highest BCUT2D eigenvalue weighted by Gasteiger charge is 2.16. The average molecular weight is 228 g/mol. The van der Waals surface area contributed by atoms with Crippen molar-refractivity contribution in [2.24, 2.45) is 0 Å². The van der Waals surface area contributed by atoms with Crippen molar-refractivity contribution in [2.75, 3.05) is 25.1 Å². The summed E-state index contributed by atoms with van der Waals surface area (Å²) in [5, 5.41) is 9.18. The van der Waals surface area contributed by atoms with E-state index in [2.05, 4.69) is 4.98 Å². The molecular formula is C10H16N2O4. The zero-order valence-corrected chi connectivity index (χ0v) is 9.64. The summed E-state index contributed by atoms with van der Waals surface area (Å²) in [7, 11) is 1.72. The molecule has 16 heavy (non-hydrogen) atoms. The van der Waals surface area contributed by atoms with Crippen molar-refractivity contribution >= 4 is 12.0 Å². The molecule has 0 aliphatic rings. The van der Waals surface area contributed by atoms with Crippen LogP contribution in [0.25, 0.3) is 0 Å². The van der Waals surface area contributed by atoms with E-state index in [-0.39, 0.29) is 11.7 Å². The number of aromatic nitrogens is 1. The van der Waals surface area contributed by atoms with Crippen LogP contribution < -0.4 is 4.90 Å². The van der Waals surface area contributed by atoms with Gasteiger partial charge in [0.1, 0.15) is 6.26 Å². The Morgan fingerprint density at radius 3 is 3.00 bits per heavy atom. The van der Waals surface area contributed by atoms with Crippen LogP contribution in [0.5, 0.6) is 0 Å². The largest absolute Gasteiger partial charge is 0.461 e. The third-order valence-corrected chi connectivity index (χ3v) is 1.84. The first-order valence-corrected chi connectivity index (χ1v) is 5.06. The van der Waals surface area contributed by atoms with Crippen molar-refractivity contribution in [1.82, 2.24) is 4.98 Å². The molecule has 0 aliphatic heterocycles. The van der Waals surface area contributed by atoms with E-state index in [1.54, 1.807) is 25.8 Å². The predicted octanol–water partition coefficient (Wildman–Crippen LogP) is 0.668. The van der Waals surface area contributed by atoms with Crippen LogP contribution >= 0.6 is 0 Å². The molecule has 90 valence electrons. The molecule has 0 saturated heterocycles. The maximum Gasteiger partial charge on any atom is 0.360 e. The lowest BCUT2D eigenvalue weighted by atomic mass is 10.4. The van der Waals surface area contributed by atoms with E-state index in [0.717, 1.165) is 0 Å². The van der Waals surface area contributed by atoms with Crippen molar-refractivity contribution in [3.05, 3.63) is 12.0 Å². The molecule has 0 radical (unpaired) electrons. The van der Waals surface area contributed by atoms with Gasteiger partial charge in [0, 0.05) is 13.6 Å². The first-order valence-electron chi connectivity index (χ1n) is 5.06. The second-order valence-corrected chi connectivity index (χ2v) is 3.47. The minimum Gasteiger partial charge on any atom is -0.461 e. The number of hydrogen-bond donors (Lipinski definition) is 1. The minimum atomic E-state index is -0.511. The number of nitrogens with zero attached hydrogens (tertiary/aromatic N) is 2. The van der Waals surface area contributed by atoms with Gasteiger partial charge in [-0.25, -0.2) is 4.79 Å². The summed E-state index contributed by atoms with van der Waals surface area (Å²) in [5.41, 5.74) is 0.134. The number of rotatable bonds is 5. The maximum absolute atomic E-state index is 11.3. The molecule has 1 rings (SSSR count). The molecule has 0 aliphatic carbocycles. The maximum atomic E-state index is 11.3. The molecule has 0 amide bonds. The van der Waals surface area contributed by atoms with E-state index >= 15 is 0 Å². The van der Waals surface area contributed by atoms with Crippen molar-refractivity contribution in [1.29, 1.82) is 0 Å². The first kappa shape index (κ1) is 12.5. The number of hydrogen-bond acceptors (Lipinski definition) is 6. The van der Waals surface area contributed by atoms with E-state index in [1.807, 2.05) is 0 Å². The monoisotopic (exact) mass is 228 g/mol. The van der Waals surface area contributed by atoms with Gasteiger partial charge in [-0.3, -0.25) is 0 Å². The predicted molar refractivity (Wildman–Crippen MR) is 57.4 cm³/mol. The lowest BCUT2D eigenvalue weighted by molar-refractivity contribution is 0.0519.